The summed E-state index contributed by atoms with van der Waals surface area (Å²) in [5, 5.41) is 11.1. The molecule has 0 saturated heterocycles. The van der Waals surface area contributed by atoms with E-state index in [1.54, 1.807) is 6.07 Å². The summed E-state index contributed by atoms with van der Waals surface area (Å²) in [6.07, 6.45) is 3.03. The van der Waals surface area contributed by atoms with Gasteiger partial charge in [-0.15, -0.1) is 0 Å². The van der Waals surface area contributed by atoms with Crippen molar-refractivity contribution >= 4 is 17.3 Å². The van der Waals surface area contributed by atoms with Crippen molar-refractivity contribution in [1.82, 2.24) is 0 Å². The molecule has 5 heteroatoms. The summed E-state index contributed by atoms with van der Waals surface area (Å²) in [5.74, 6) is 0. The van der Waals surface area contributed by atoms with Gasteiger partial charge in [-0.25, -0.2) is 0 Å². The number of nitrogens with zero attached hydrogens (tertiary/aromatic N) is 1. The van der Waals surface area contributed by atoms with E-state index >= 15 is 0 Å². The molecule has 0 spiro atoms. The van der Waals surface area contributed by atoms with E-state index in [0.717, 1.165) is 24.8 Å². The number of nitrogens with two attached hydrogens (primary N) is 1. The smallest absolute Gasteiger partial charge is 0.270 e. The molecule has 1 aromatic rings. The van der Waals surface area contributed by atoms with Gasteiger partial charge >= 0.3 is 0 Å². The van der Waals surface area contributed by atoms with E-state index in [4.69, 9.17) is 17.3 Å². The fourth-order valence-corrected chi connectivity index (χ4v) is 2.37. The Morgan fingerprint density at radius 2 is 2.24 bits per heavy atom. The third-order valence-electron chi connectivity index (χ3n) is 3.65. The maximum atomic E-state index is 10.6. The molecule has 0 aromatic heterocycles. The highest BCUT2D eigenvalue weighted by Crippen LogP contribution is 2.51. The lowest BCUT2D eigenvalue weighted by Crippen LogP contribution is -2.29. The molecule has 1 aliphatic rings. The van der Waals surface area contributed by atoms with Crippen LogP contribution in [0.15, 0.2) is 18.2 Å². The lowest BCUT2D eigenvalue weighted by atomic mass is 9.90. The highest BCUT2D eigenvalue weighted by atomic mass is 35.5. The van der Waals surface area contributed by atoms with Gasteiger partial charge in [-0.2, -0.15) is 0 Å². The van der Waals surface area contributed by atoms with Crippen LogP contribution in [-0.2, 0) is 6.42 Å². The minimum absolute atomic E-state index is 0.0318. The molecule has 2 N–H and O–H groups in total. The first-order chi connectivity index (χ1) is 7.94. The van der Waals surface area contributed by atoms with Crippen LogP contribution in [-0.4, -0.2) is 11.0 Å². The van der Waals surface area contributed by atoms with Crippen LogP contribution in [0.25, 0.3) is 0 Å². The molecular formula is C12H15ClN2O2. The molecule has 0 aliphatic heterocycles. The number of hydrogen-bond acceptors (Lipinski definition) is 3. The third-order valence-corrected chi connectivity index (χ3v) is 4.00. The number of hydrogen-bond donors (Lipinski definition) is 1. The van der Waals surface area contributed by atoms with Crippen LogP contribution in [0, 0.1) is 15.5 Å². The van der Waals surface area contributed by atoms with Crippen molar-refractivity contribution in [3.05, 3.63) is 38.9 Å². The molecule has 1 atom stereocenters. The Bertz CT molecular complexity index is 456. The Balaban J connectivity index is 2.20. The lowest BCUT2D eigenvalue weighted by molar-refractivity contribution is -0.384. The number of rotatable bonds is 4. The van der Waals surface area contributed by atoms with Gasteiger partial charge in [0.1, 0.15) is 0 Å². The van der Waals surface area contributed by atoms with Gasteiger partial charge in [-0.1, -0.05) is 17.7 Å². The zero-order valence-electron chi connectivity index (χ0n) is 9.65. The molecule has 17 heavy (non-hydrogen) atoms. The van der Waals surface area contributed by atoms with Crippen LogP contribution in [0.1, 0.15) is 25.3 Å². The Morgan fingerprint density at radius 1 is 1.59 bits per heavy atom. The Labute approximate surface area is 105 Å². The maximum absolute atomic E-state index is 10.6. The van der Waals surface area contributed by atoms with Gasteiger partial charge < -0.3 is 5.73 Å². The zero-order valence-corrected chi connectivity index (χ0v) is 10.4. The van der Waals surface area contributed by atoms with Crippen molar-refractivity contribution in [2.75, 3.05) is 0 Å². The summed E-state index contributed by atoms with van der Waals surface area (Å²) < 4.78 is 0. The van der Waals surface area contributed by atoms with E-state index in [1.165, 1.54) is 12.1 Å². The molecule has 92 valence electrons. The van der Waals surface area contributed by atoms with E-state index in [-0.39, 0.29) is 17.1 Å². The minimum atomic E-state index is -0.436. The first-order valence-electron chi connectivity index (χ1n) is 5.63. The molecule has 0 radical (unpaired) electrons. The summed E-state index contributed by atoms with van der Waals surface area (Å²) in [4.78, 5) is 10.2. The molecule has 0 heterocycles. The minimum Gasteiger partial charge on any atom is -0.327 e. The van der Waals surface area contributed by atoms with Crippen LogP contribution in [0.2, 0.25) is 5.02 Å². The molecule has 1 fully saturated rings. The summed E-state index contributed by atoms with van der Waals surface area (Å²) >= 11 is 6.07. The number of halogens is 1. The summed E-state index contributed by atoms with van der Waals surface area (Å²) in [6.45, 7) is 2.01. The molecule has 1 saturated carbocycles. The first kappa shape index (κ1) is 12.3. The molecule has 1 unspecified atom stereocenters. The molecular weight excluding hydrogens is 240 g/mol. The molecule has 0 bridgehead atoms. The number of benzene rings is 1. The van der Waals surface area contributed by atoms with E-state index in [0.29, 0.717) is 5.02 Å². The number of nitro groups is 1. The Kier molecular flexibility index (Phi) is 3.10. The van der Waals surface area contributed by atoms with Crippen LogP contribution >= 0.6 is 11.6 Å². The standard InChI is InChI=1S/C12H15ClN2O2/c1-8(14)12(4-5-12)7-9-2-3-10(15(16)17)6-11(9)13/h2-3,6,8H,4-5,7,14H2,1H3. The monoisotopic (exact) mass is 254 g/mol. The van der Waals surface area contributed by atoms with E-state index in [1.807, 2.05) is 6.92 Å². The molecule has 1 aromatic carbocycles. The highest BCUT2D eigenvalue weighted by molar-refractivity contribution is 6.31. The van der Waals surface area contributed by atoms with Gasteiger partial charge in [0, 0.05) is 18.2 Å². The van der Waals surface area contributed by atoms with Crippen LogP contribution < -0.4 is 5.73 Å². The SMILES string of the molecule is CC(N)C1(Cc2ccc([N+](=O)[O-])cc2Cl)CC1. The van der Waals surface area contributed by atoms with E-state index < -0.39 is 4.92 Å². The normalized spacial score (nSPS) is 18.8. The van der Waals surface area contributed by atoms with Crippen LogP contribution in [0.5, 0.6) is 0 Å². The van der Waals surface area contributed by atoms with Crippen molar-refractivity contribution in [3.8, 4) is 0 Å². The van der Waals surface area contributed by atoms with Gasteiger partial charge in [0.25, 0.3) is 5.69 Å². The number of nitro benzene ring substituents is 1. The van der Waals surface area contributed by atoms with Crippen LogP contribution in [0.4, 0.5) is 5.69 Å². The Morgan fingerprint density at radius 3 is 2.65 bits per heavy atom. The zero-order chi connectivity index (χ0) is 12.6. The summed E-state index contributed by atoms with van der Waals surface area (Å²) in [6, 6.07) is 4.78. The van der Waals surface area contributed by atoms with Gasteiger partial charge in [0.05, 0.1) is 9.95 Å². The van der Waals surface area contributed by atoms with Gasteiger partial charge in [0.2, 0.25) is 0 Å². The summed E-state index contributed by atoms with van der Waals surface area (Å²) in [7, 11) is 0. The lowest BCUT2D eigenvalue weighted by Gasteiger charge is -2.19. The van der Waals surface area contributed by atoms with Crippen molar-refractivity contribution in [3.63, 3.8) is 0 Å². The fraction of sp³-hybridized carbons (Fsp3) is 0.500. The van der Waals surface area contributed by atoms with Gasteiger partial charge in [-0.3, -0.25) is 10.1 Å². The average molecular weight is 255 g/mol. The second-order valence-electron chi connectivity index (χ2n) is 4.86. The number of non-ortho nitro benzene ring substituents is 1. The van der Waals surface area contributed by atoms with Gasteiger partial charge in [0.15, 0.2) is 0 Å². The van der Waals surface area contributed by atoms with Crippen molar-refractivity contribution < 1.29 is 4.92 Å². The topological polar surface area (TPSA) is 69.2 Å². The fourth-order valence-electron chi connectivity index (χ4n) is 2.13. The first-order valence-corrected chi connectivity index (χ1v) is 6.01. The maximum Gasteiger partial charge on any atom is 0.270 e. The van der Waals surface area contributed by atoms with E-state index in [9.17, 15) is 10.1 Å². The van der Waals surface area contributed by atoms with E-state index in [2.05, 4.69) is 0 Å². The molecule has 0 amide bonds. The second-order valence-corrected chi connectivity index (χ2v) is 5.27. The third kappa shape index (κ3) is 2.42. The van der Waals surface area contributed by atoms with Crippen LogP contribution in [0.3, 0.4) is 0 Å². The van der Waals surface area contributed by atoms with Crippen molar-refractivity contribution in [2.24, 2.45) is 11.1 Å². The van der Waals surface area contributed by atoms with Crippen molar-refractivity contribution in [2.45, 2.75) is 32.2 Å². The predicted molar refractivity (Wildman–Crippen MR) is 67.1 cm³/mol. The quantitative estimate of drug-likeness (QED) is 0.663. The predicted octanol–water partition coefficient (Wildman–Crippen LogP) is 2.92. The Hall–Kier alpha value is -1.13. The molecule has 4 nitrogen and oxygen atoms in total. The largest absolute Gasteiger partial charge is 0.327 e. The molecule has 2 rings (SSSR count). The van der Waals surface area contributed by atoms with Gasteiger partial charge in [-0.05, 0) is 37.2 Å². The second kappa shape index (κ2) is 4.27. The highest BCUT2D eigenvalue weighted by Gasteiger charge is 2.45. The van der Waals surface area contributed by atoms with Crippen molar-refractivity contribution in [1.29, 1.82) is 0 Å². The average Bonchev–Trinajstić information content (AvgIpc) is 3.02. The summed E-state index contributed by atoms with van der Waals surface area (Å²) in [5.41, 5.74) is 7.09. The molecule has 1 aliphatic carbocycles.